The SMILES string of the molecule is C.C=C1CCC(N2C(=O)c3cccc(N)c3C2=O)C(=O)C1.C=C1CCC(N2C(=O)c3ccccc3C2=O)C(=O)C1.C=C1CCC(N2C(=O)c3ccccc3C2=O)C(=O)N1.C=C1CCC(N2Cc3c(N)cccc3C2=O)C(=O)N1.C=C1CCC(N2Cc3ccccc3C2=O)C(=O)N1.CC.CC. The third-order valence-corrected chi connectivity index (χ3v) is 18.3. The van der Waals surface area contributed by atoms with Gasteiger partial charge in [-0.2, -0.15) is 0 Å². The van der Waals surface area contributed by atoms with Crippen LogP contribution in [0.4, 0.5) is 11.4 Å². The predicted octanol–water partition coefficient (Wildman–Crippen LogP) is 9.72. The lowest BCUT2D eigenvalue weighted by atomic mass is 9.89. The first-order valence-electron chi connectivity index (χ1n) is 33.1. The second-order valence-electron chi connectivity index (χ2n) is 24.5. The number of carbonyl (C=O) groups excluding carboxylic acids is 13. The van der Waals surface area contributed by atoms with Crippen molar-refractivity contribution >= 4 is 87.9 Å². The summed E-state index contributed by atoms with van der Waals surface area (Å²) >= 11 is 0. The molecule has 2 aliphatic carbocycles. The van der Waals surface area contributed by atoms with Gasteiger partial charge in [-0.3, -0.25) is 77.0 Å². The molecule has 10 aliphatic rings. The Labute approximate surface area is 581 Å². The molecule has 5 unspecified atom stereocenters. The van der Waals surface area contributed by atoms with Gasteiger partial charge in [0.2, 0.25) is 17.7 Å². The van der Waals surface area contributed by atoms with E-state index in [0.717, 1.165) is 54.7 Å². The number of hydrogen-bond donors (Lipinski definition) is 5. The average molecular weight is 1360 g/mol. The molecule has 0 aromatic heterocycles. The molecular weight excluding hydrogens is 1270 g/mol. The molecule has 5 atom stereocenters. The number of fused-ring (bicyclic) bond motifs is 5. The monoisotopic (exact) mass is 1360 g/mol. The van der Waals surface area contributed by atoms with Gasteiger partial charge in [-0.05, 0) is 124 Å². The summed E-state index contributed by atoms with van der Waals surface area (Å²) in [6.45, 7) is 27.7. The second kappa shape index (κ2) is 31.8. The van der Waals surface area contributed by atoms with Gasteiger partial charge >= 0.3 is 0 Å². The Morgan fingerprint density at radius 3 is 1.08 bits per heavy atom. The summed E-state index contributed by atoms with van der Waals surface area (Å²) in [6.07, 6.45) is 6.47. The summed E-state index contributed by atoms with van der Waals surface area (Å²) in [4.78, 5) is 165. The van der Waals surface area contributed by atoms with E-state index in [1.165, 1.54) is 0 Å². The highest BCUT2D eigenvalue weighted by atomic mass is 16.2. The topological polar surface area (TPSA) is 326 Å². The van der Waals surface area contributed by atoms with Crippen molar-refractivity contribution in [3.05, 3.63) is 226 Å². The zero-order valence-corrected chi connectivity index (χ0v) is 55.9. The van der Waals surface area contributed by atoms with Crippen molar-refractivity contribution < 1.29 is 62.3 Å². The number of carbonyl (C=O) groups is 13. The Morgan fingerprint density at radius 1 is 0.350 bits per heavy atom. The summed E-state index contributed by atoms with van der Waals surface area (Å²) in [6, 6.07) is 28.1. The number of piperidine rings is 3. The maximum Gasteiger partial charge on any atom is 0.264 e. The fraction of sp³-hybridized carbons (Fsp3) is 0.312. The Morgan fingerprint density at radius 2 is 0.680 bits per heavy atom. The number of ketones is 2. The summed E-state index contributed by atoms with van der Waals surface area (Å²) in [5, 5.41) is 8.03. The lowest BCUT2D eigenvalue weighted by Gasteiger charge is -2.30. The van der Waals surface area contributed by atoms with Crippen LogP contribution in [0, 0.1) is 0 Å². The van der Waals surface area contributed by atoms with Gasteiger partial charge in [-0.1, -0.05) is 134 Å². The van der Waals surface area contributed by atoms with E-state index in [2.05, 4.69) is 48.8 Å². The number of nitrogens with zero attached hydrogens (tertiary/aromatic N) is 5. The molecule has 5 aromatic carbocycles. The number of hydrogen-bond acceptors (Lipinski definition) is 15. The number of Topliss-reactive ketones (excluding diaryl/α,β-unsaturated/α-hetero) is 2. The van der Waals surface area contributed by atoms with Gasteiger partial charge in [0, 0.05) is 71.1 Å². The van der Waals surface area contributed by atoms with Crippen molar-refractivity contribution in [2.75, 3.05) is 11.5 Å². The summed E-state index contributed by atoms with van der Waals surface area (Å²) in [5.41, 5.74) is 21.5. The Kier molecular flexibility index (Phi) is 23.6. The minimum Gasteiger partial charge on any atom is -0.398 e. The van der Waals surface area contributed by atoms with Crippen molar-refractivity contribution in [3.8, 4) is 0 Å². The molecule has 5 fully saturated rings. The van der Waals surface area contributed by atoms with Crippen LogP contribution in [0.5, 0.6) is 0 Å². The smallest absolute Gasteiger partial charge is 0.264 e. The number of rotatable bonds is 5. The third-order valence-electron chi connectivity index (χ3n) is 18.3. The van der Waals surface area contributed by atoms with Gasteiger partial charge in [0.15, 0.2) is 11.6 Å². The highest BCUT2D eigenvalue weighted by Gasteiger charge is 2.47. The van der Waals surface area contributed by atoms with Crippen LogP contribution in [0.2, 0.25) is 0 Å². The number of anilines is 2. The van der Waals surface area contributed by atoms with Gasteiger partial charge in [-0.15, -0.1) is 0 Å². The number of nitrogen functional groups attached to an aromatic ring is 2. The number of allylic oxidation sites excluding steroid dienone is 5. The van der Waals surface area contributed by atoms with E-state index in [0.29, 0.717) is 116 Å². The van der Waals surface area contributed by atoms with Gasteiger partial charge in [0.05, 0.1) is 45.5 Å². The molecule has 7 N–H and O–H groups in total. The van der Waals surface area contributed by atoms with Crippen molar-refractivity contribution in [1.82, 2.24) is 40.4 Å². The molecule has 2 saturated carbocycles. The van der Waals surface area contributed by atoms with Crippen LogP contribution < -0.4 is 27.4 Å². The van der Waals surface area contributed by atoms with Crippen LogP contribution in [0.3, 0.4) is 0 Å². The van der Waals surface area contributed by atoms with Crippen molar-refractivity contribution in [2.24, 2.45) is 0 Å². The quantitative estimate of drug-likeness (QED) is 0.0621. The van der Waals surface area contributed by atoms with E-state index in [-0.39, 0.29) is 96.0 Å². The summed E-state index contributed by atoms with van der Waals surface area (Å²) in [7, 11) is 0. The average Bonchev–Trinajstić information content (AvgIpc) is 1.63. The molecule has 0 bridgehead atoms. The molecular formula is C77H84N10O13. The summed E-state index contributed by atoms with van der Waals surface area (Å²) < 4.78 is 0. The van der Waals surface area contributed by atoms with E-state index in [9.17, 15) is 62.3 Å². The number of amides is 11. The molecule has 8 heterocycles. The zero-order valence-electron chi connectivity index (χ0n) is 55.9. The normalized spacial score (nSPS) is 21.6. The van der Waals surface area contributed by atoms with Gasteiger partial charge < -0.3 is 37.2 Å². The largest absolute Gasteiger partial charge is 0.398 e. The molecule has 0 spiro atoms. The highest BCUT2D eigenvalue weighted by molar-refractivity contribution is 6.26. The maximum atomic E-state index is 12.4. The van der Waals surface area contributed by atoms with Gasteiger partial charge in [0.1, 0.15) is 18.1 Å². The molecule has 23 heteroatoms. The second-order valence-corrected chi connectivity index (χ2v) is 24.5. The van der Waals surface area contributed by atoms with Crippen LogP contribution in [0.15, 0.2) is 170 Å². The van der Waals surface area contributed by atoms with Crippen LogP contribution in [0.25, 0.3) is 0 Å². The maximum absolute atomic E-state index is 12.4. The zero-order chi connectivity index (χ0) is 71.8. The Bertz CT molecular complexity index is 4120. The molecule has 3 saturated heterocycles. The lowest BCUT2D eigenvalue weighted by Crippen LogP contribution is -2.51. The predicted molar refractivity (Wildman–Crippen MR) is 376 cm³/mol. The minimum atomic E-state index is -0.738. The van der Waals surface area contributed by atoms with Crippen molar-refractivity contribution in [3.63, 3.8) is 0 Å². The molecule has 100 heavy (non-hydrogen) atoms. The van der Waals surface area contributed by atoms with Crippen molar-refractivity contribution in [2.45, 2.75) is 155 Å². The van der Waals surface area contributed by atoms with Crippen LogP contribution in [0.1, 0.15) is 206 Å². The van der Waals surface area contributed by atoms with E-state index in [1.807, 2.05) is 52.0 Å². The fourth-order valence-corrected chi connectivity index (χ4v) is 13.3. The van der Waals surface area contributed by atoms with E-state index in [1.54, 1.807) is 94.7 Å². The van der Waals surface area contributed by atoms with E-state index in [4.69, 9.17) is 11.5 Å². The number of nitrogens with two attached hydrogens (primary N) is 2. The first-order valence-corrected chi connectivity index (χ1v) is 33.1. The molecule has 11 amide bonds. The van der Waals surface area contributed by atoms with E-state index >= 15 is 0 Å². The van der Waals surface area contributed by atoms with E-state index < -0.39 is 47.8 Å². The van der Waals surface area contributed by atoms with Crippen LogP contribution >= 0.6 is 0 Å². The number of imide groups is 3. The molecule has 15 rings (SSSR count). The van der Waals surface area contributed by atoms with Gasteiger partial charge in [0.25, 0.3) is 47.3 Å². The number of benzene rings is 5. The third kappa shape index (κ3) is 14.8. The van der Waals surface area contributed by atoms with Crippen LogP contribution in [-0.2, 0) is 37.1 Å². The number of nitrogens with one attached hydrogen (secondary N) is 3. The molecule has 5 aromatic rings. The Balaban J connectivity index is 0.000000157. The standard InChI is InChI=1S/C15H14N2O3.C15H13NO3.C14H15N3O2.C14H12N2O3.C14H14N2O2.2C2H6.CH4/c1-8-5-6-11(12(18)7-8)17-14(19)9-3-2-4-10(16)13(9)15(17)20;1-9-6-7-12(13(17)8-9)16-14(18)10-4-2-3-5-11(10)15(16)19;1-8-5-6-12(13(18)16-8)17-7-10-9(14(17)19)3-2-4-11(10)15;1-8-6-7-11(12(17)15-8)16-13(18)9-4-2-3-5-10(9)14(16)19;1-9-6-7-12(13(17)15-9)16-8-10-4-2-3-5-11(10)14(16)18;2*1-2;/h2-4,11H,1,5-7,16H2;2-5,12H,1,6-8H2;2-4,12H,1,5-7,15H2,(H,16,18);2-5,11H,1,6-7H2,(H,15,17);2-5,12H,1,6-8H2,(H,15,17);2*1-2H3;1H4. The first-order chi connectivity index (χ1) is 47.4. The molecule has 8 aliphatic heterocycles. The highest BCUT2D eigenvalue weighted by Crippen LogP contribution is 2.36. The molecule has 23 nitrogen and oxygen atoms in total. The molecule has 520 valence electrons. The molecule has 0 radical (unpaired) electrons. The van der Waals surface area contributed by atoms with Gasteiger partial charge in [-0.25, -0.2) is 0 Å². The Hall–Kier alpha value is -11.5. The van der Waals surface area contributed by atoms with Crippen molar-refractivity contribution in [1.29, 1.82) is 0 Å². The first kappa shape index (κ1) is 74.3. The van der Waals surface area contributed by atoms with Crippen LogP contribution in [-0.4, -0.2) is 131 Å². The minimum absolute atomic E-state index is 0. The summed E-state index contributed by atoms with van der Waals surface area (Å²) in [5.74, 6) is -3.39. The lowest BCUT2D eigenvalue weighted by molar-refractivity contribution is -0.127. The fourth-order valence-electron chi connectivity index (χ4n) is 13.3.